The number of nitrogens with zero attached hydrogens (tertiary/aromatic N) is 2. The fraction of sp³-hybridized carbons (Fsp3) is 0.455. The van der Waals surface area contributed by atoms with Gasteiger partial charge in [0.05, 0.1) is 6.04 Å². The molecule has 2 aromatic rings. The fourth-order valence-corrected chi connectivity index (χ4v) is 3.73. The summed E-state index contributed by atoms with van der Waals surface area (Å²) >= 11 is 0. The van der Waals surface area contributed by atoms with E-state index in [0.29, 0.717) is 25.3 Å². The van der Waals surface area contributed by atoms with Gasteiger partial charge < -0.3 is 26.3 Å². The Morgan fingerprint density at radius 2 is 2.13 bits per heavy atom. The van der Waals surface area contributed by atoms with Crippen molar-refractivity contribution in [1.82, 2.24) is 25.5 Å². The first-order valence-electron chi connectivity index (χ1n) is 10.4. The molecule has 0 aromatic carbocycles. The van der Waals surface area contributed by atoms with Crippen molar-refractivity contribution in [3.05, 3.63) is 57.6 Å². The van der Waals surface area contributed by atoms with Crippen molar-refractivity contribution in [2.24, 2.45) is 13.0 Å². The summed E-state index contributed by atoms with van der Waals surface area (Å²) < 4.78 is 1.53. The maximum Gasteiger partial charge on any atom is 0.250 e. The average molecular weight is 427 g/mol. The topological polar surface area (TPSA) is 131 Å². The number of carbonyl (C=O) groups excluding carboxylic acids is 2. The number of amides is 2. The van der Waals surface area contributed by atoms with Crippen LogP contribution >= 0.6 is 0 Å². The highest BCUT2D eigenvalue weighted by Crippen LogP contribution is 2.19. The van der Waals surface area contributed by atoms with E-state index >= 15 is 0 Å². The summed E-state index contributed by atoms with van der Waals surface area (Å²) in [7, 11) is 1.72. The molecule has 5 N–H and O–H groups in total. The van der Waals surface area contributed by atoms with Crippen LogP contribution in [0, 0.1) is 12.8 Å². The number of rotatable bonds is 7. The van der Waals surface area contributed by atoms with Gasteiger partial charge in [0.1, 0.15) is 11.9 Å². The maximum atomic E-state index is 12.6. The second-order valence-corrected chi connectivity index (χ2v) is 8.18. The number of anilines is 1. The van der Waals surface area contributed by atoms with Crippen molar-refractivity contribution in [2.45, 2.75) is 45.3 Å². The molecule has 1 fully saturated rings. The van der Waals surface area contributed by atoms with Crippen LogP contribution in [-0.2, 0) is 29.6 Å². The van der Waals surface area contributed by atoms with E-state index in [9.17, 15) is 14.4 Å². The standard InChI is InChI=1S/C22H30N6O3/c1-13-17(4-5-19(23)26-13)12-25-21(30)14(2)27-22(31)18-9-16(11-24-18)8-15-6-7-28(3)20(29)10-15/h4-7,10,14,16,18,24H,8-9,11-12H2,1-3H3,(H2,23,26)(H,25,30)(H,27,31)/t14?,16-,18+/m0/s1. The molecule has 9 nitrogen and oxygen atoms in total. The minimum Gasteiger partial charge on any atom is -0.384 e. The summed E-state index contributed by atoms with van der Waals surface area (Å²) in [6.07, 6.45) is 3.15. The normalized spacial score (nSPS) is 19.1. The quantitative estimate of drug-likeness (QED) is 0.493. The highest BCUT2D eigenvalue weighted by Gasteiger charge is 2.31. The molecule has 2 aromatic heterocycles. The third kappa shape index (κ3) is 5.91. The summed E-state index contributed by atoms with van der Waals surface area (Å²) in [5, 5.41) is 8.82. The van der Waals surface area contributed by atoms with E-state index < -0.39 is 6.04 Å². The van der Waals surface area contributed by atoms with Gasteiger partial charge in [0.15, 0.2) is 0 Å². The Balaban J connectivity index is 1.46. The Bertz CT molecular complexity index is 1020. The lowest BCUT2D eigenvalue weighted by molar-refractivity contribution is -0.129. The number of hydrogen-bond donors (Lipinski definition) is 4. The molecule has 0 saturated carbocycles. The van der Waals surface area contributed by atoms with E-state index in [1.165, 1.54) is 4.57 Å². The molecular weight excluding hydrogens is 396 g/mol. The van der Waals surface area contributed by atoms with Crippen LogP contribution in [0.5, 0.6) is 0 Å². The van der Waals surface area contributed by atoms with Crippen LogP contribution in [-0.4, -0.2) is 40.0 Å². The second kappa shape index (κ2) is 9.74. The van der Waals surface area contributed by atoms with Crippen molar-refractivity contribution in [3.8, 4) is 0 Å². The van der Waals surface area contributed by atoms with Gasteiger partial charge in [-0.25, -0.2) is 4.98 Å². The summed E-state index contributed by atoms with van der Waals surface area (Å²) in [5.74, 6) is 0.233. The zero-order chi connectivity index (χ0) is 22.5. The molecule has 3 heterocycles. The van der Waals surface area contributed by atoms with Gasteiger partial charge >= 0.3 is 0 Å². The van der Waals surface area contributed by atoms with E-state index in [-0.39, 0.29) is 29.3 Å². The molecule has 1 aliphatic rings. The smallest absolute Gasteiger partial charge is 0.250 e. The number of aryl methyl sites for hydroxylation is 2. The summed E-state index contributed by atoms with van der Waals surface area (Å²) in [5.41, 5.74) is 8.21. The largest absolute Gasteiger partial charge is 0.384 e. The van der Waals surface area contributed by atoms with Crippen LogP contribution in [0.1, 0.15) is 30.2 Å². The van der Waals surface area contributed by atoms with Crippen LogP contribution in [0.2, 0.25) is 0 Å². The molecule has 1 saturated heterocycles. The second-order valence-electron chi connectivity index (χ2n) is 8.18. The van der Waals surface area contributed by atoms with Crippen LogP contribution in [0.15, 0.2) is 35.3 Å². The van der Waals surface area contributed by atoms with Gasteiger partial charge in [0.25, 0.3) is 5.56 Å². The fourth-order valence-electron chi connectivity index (χ4n) is 3.73. The molecule has 0 radical (unpaired) electrons. The SMILES string of the molecule is Cc1nc(N)ccc1CNC(=O)C(C)NC(=O)[C@H]1C[C@H](Cc2ccn(C)c(=O)c2)CN1. The van der Waals surface area contributed by atoms with Crippen molar-refractivity contribution >= 4 is 17.6 Å². The molecule has 0 aliphatic carbocycles. The van der Waals surface area contributed by atoms with Crippen molar-refractivity contribution in [2.75, 3.05) is 12.3 Å². The first-order chi connectivity index (χ1) is 14.7. The lowest BCUT2D eigenvalue weighted by Crippen LogP contribution is -2.50. The first kappa shape index (κ1) is 22.5. The van der Waals surface area contributed by atoms with E-state index in [4.69, 9.17) is 5.73 Å². The summed E-state index contributed by atoms with van der Waals surface area (Å²) in [4.78, 5) is 40.9. The van der Waals surface area contributed by atoms with Gasteiger partial charge in [-0.15, -0.1) is 0 Å². The maximum absolute atomic E-state index is 12.6. The summed E-state index contributed by atoms with van der Waals surface area (Å²) in [6, 6.07) is 6.07. The zero-order valence-corrected chi connectivity index (χ0v) is 18.1. The Morgan fingerprint density at radius 3 is 2.84 bits per heavy atom. The molecule has 1 unspecified atom stereocenters. The third-order valence-corrected chi connectivity index (χ3v) is 5.65. The predicted octanol–water partition coefficient (Wildman–Crippen LogP) is 0.0126. The number of hydrogen-bond acceptors (Lipinski definition) is 6. The molecule has 31 heavy (non-hydrogen) atoms. The molecule has 2 amide bonds. The number of nitrogens with two attached hydrogens (primary N) is 1. The monoisotopic (exact) mass is 426 g/mol. The minimum atomic E-state index is -0.660. The molecule has 0 spiro atoms. The molecule has 3 rings (SSSR count). The highest BCUT2D eigenvalue weighted by molar-refractivity contribution is 5.89. The van der Waals surface area contributed by atoms with Crippen molar-refractivity contribution < 1.29 is 9.59 Å². The molecule has 3 atom stereocenters. The van der Waals surface area contributed by atoms with Crippen molar-refractivity contribution in [1.29, 1.82) is 0 Å². The zero-order valence-electron chi connectivity index (χ0n) is 18.1. The number of nitrogens with one attached hydrogen (secondary N) is 3. The van der Waals surface area contributed by atoms with Gasteiger partial charge in [-0.2, -0.15) is 0 Å². The lowest BCUT2D eigenvalue weighted by Gasteiger charge is -2.17. The molecule has 9 heteroatoms. The molecule has 1 aliphatic heterocycles. The number of pyridine rings is 2. The Morgan fingerprint density at radius 1 is 1.35 bits per heavy atom. The number of nitrogen functional groups attached to an aromatic ring is 1. The third-order valence-electron chi connectivity index (χ3n) is 5.65. The van der Waals surface area contributed by atoms with Gasteiger partial charge in [-0.3, -0.25) is 14.4 Å². The number of carbonyl (C=O) groups is 2. The van der Waals surface area contributed by atoms with Crippen LogP contribution < -0.4 is 27.2 Å². The minimum absolute atomic E-state index is 0.0393. The van der Waals surface area contributed by atoms with E-state index in [1.54, 1.807) is 32.3 Å². The first-order valence-corrected chi connectivity index (χ1v) is 10.4. The van der Waals surface area contributed by atoms with Crippen molar-refractivity contribution in [3.63, 3.8) is 0 Å². The molecule has 0 bridgehead atoms. The molecule has 166 valence electrons. The number of aromatic nitrogens is 2. The molecular formula is C22H30N6O3. The summed E-state index contributed by atoms with van der Waals surface area (Å²) in [6.45, 7) is 4.50. The van der Waals surface area contributed by atoms with Gasteiger partial charge in [0, 0.05) is 31.5 Å². The van der Waals surface area contributed by atoms with E-state index in [2.05, 4.69) is 20.9 Å². The highest BCUT2D eigenvalue weighted by atomic mass is 16.2. The Kier molecular flexibility index (Phi) is 7.06. The van der Waals surface area contributed by atoms with E-state index in [0.717, 1.165) is 23.2 Å². The van der Waals surface area contributed by atoms with Crippen LogP contribution in [0.25, 0.3) is 0 Å². The lowest BCUT2D eigenvalue weighted by atomic mass is 9.97. The van der Waals surface area contributed by atoms with Gasteiger partial charge in [-0.1, -0.05) is 6.07 Å². The Labute approximate surface area is 181 Å². The predicted molar refractivity (Wildman–Crippen MR) is 118 cm³/mol. The van der Waals surface area contributed by atoms with Crippen LogP contribution in [0.3, 0.4) is 0 Å². The van der Waals surface area contributed by atoms with E-state index in [1.807, 2.05) is 19.1 Å². The van der Waals surface area contributed by atoms with Gasteiger partial charge in [-0.05, 0) is 62.4 Å². The van der Waals surface area contributed by atoms with Gasteiger partial charge in [0.2, 0.25) is 11.8 Å². The van der Waals surface area contributed by atoms with Crippen LogP contribution in [0.4, 0.5) is 5.82 Å². The Hall–Kier alpha value is -3.20. The average Bonchev–Trinajstić information content (AvgIpc) is 3.18.